The molecule has 0 atom stereocenters. The Balaban J connectivity index is 2.25. The fourth-order valence-corrected chi connectivity index (χ4v) is 3.40. The van der Waals surface area contributed by atoms with Crippen LogP contribution in [0.5, 0.6) is 5.75 Å². The number of ether oxygens (including phenoxy) is 1. The number of hydrogen-bond acceptors (Lipinski definition) is 5. The predicted molar refractivity (Wildman–Crippen MR) is 108 cm³/mol. The zero-order chi connectivity index (χ0) is 19.4. The first-order chi connectivity index (χ1) is 13.1. The zero-order valence-corrected chi connectivity index (χ0v) is 16.7. The van der Waals surface area contributed by atoms with E-state index in [1.165, 1.54) is 0 Å². The molecule has 3 rings (SSSR count). The molecule has 0 radical (unpaired) electrons. The van der Waals surface area contributed by atoms with Crippen LogP contribution in [0.1, 0.15) is 38.1 Å². The topological polar surface area (TPSA) is 61.0 Å². The van der Waals surface area contributed by atoms with Crippen LogP contribution in [0.3, 0.4) is 0 Å². The van der Waals surface area contributed by atoms with Gasteiger partial charge in [0, 0.05) is 18.0 Å². The van der Waals surface area contributed by atoms with Crippen molar-refractivity contribution in [3.63, 3.8) is 0 Å². The van der Waals surface area contributed by atoms with Gasteiger partial charge in [-0.15, -0.1) is 0 Å². The molecule has 0 saturated heterocycles. The van der Waals surface area contributed by atoms with Gasteiger partial charge < -0.3 is 9.57 Å². The molecule has 0 aliphatic rings. The molecular weight excluding hydrogens is 364 g/mol. The summed E-state index contributed by atoms with van der Waals surface area (Å²) in [6.07, 6.45) is 6.19. The van der Waals surface area contributed by atoms with Gasteiger partial charge in [-0.3, -0.25) is 9.38 Å². The van der Waals surface area contributed by atoms with Crippen LogP contribution in [0.2, 0.25) is 5.02 Å². The molecule has 0 unspecified atom stereocenters. The maximum absolute atomic E-state index is 6.48. The molecule has 142 valence electrons. The summed E-state index contributed by atoms with van der Waals surface area (Å²) >= 11 is 6.48. The standard InChI is InChI=1S/C20H23ClN4O2/c1-5-7-17(24-27-4)19-16(6-2)23-20-18(22-10-11-25(19)20)14-9-8-13(26-3)12-15(14)21/h8-12H,5-7H2,1-4H3. The van der Waals surface area contributed by atoms with Gasteiger partial charge in [-0.2, -0.15) is 0 Å². The summed E-state index contributed by atoms with van der Waals surface area (Å²) in [5.74, 6) is 0.700. The van der Waals surface area contributed by atoms with Crippen molar-refractivity contribution >= 4 is 23.0 Å². The molecular formula is C20H23ClN4O2. The van der Waals surface area contributed by atoms with Gasteiger partial charge in [0.2, 0.25) is 0 Å². The molecule has 0 N–H and O–H groups in total. The van der Waals surface area contributed by atoms with Crippen molar-refractivity contribution in [3.8, 4) is 17.0 Å². The highest BCUT2D eigenvalue weighted by Crippen LogP contribution is 2.33. The number of nitrogens with zero attached hydrogens (tertiary/aromatic N) is 4. The van der Waals surface area contributed by atoms with E-state index in [0.29, 0.717) is 10.8 Å². The highest BCUT2D eigenvalue weighted by Gasteiger charge is 2.20. The summed E-state index contributed by atoms with van der Waals surface area (Å²) < 4.78 is 7.27. The van der Waals surface area contributed by atoms with E-state index in [1.54, 1.807) is 26.5 Å². The van der Waals surface area contributed by atoms with Crippen LogP contribution in [0.25, 0.3) is 16.9 Å². The van der Waals surface area contributed by atoms with Crippen LogP contribution in [0.4, 0.5) is 0 Å². The van der Waals surface area contributed by atoms with E-state index in [0.717, 1.165) is 53.3 Å². The molecule has 2 aromatic heterocycles. The average Bonchev–Trinajstić information content (AvgIpc) is 3.06. The van der Waals surface area contributed by atoms with E-state index in [1.807, 2.05) is 22.7 Å². The van der Waals surface area contributed by atoms with E-state index in [4.69, 9.17) is 26.2 Å². The Morgan fingerprint density at radius 1 is 1.26 bits per heavy atom. The summed E-state index contributed by atoms with van der Waals surface area (Å²) in [7, 11) is 3.18. The van der Waals surface area contributed by atoms with Crippen molar-refractivity contribution in [2.24, 2.45) is 5.16 Å². The van der Waals surface area contributed by atoms with Gasteiger partial charge in [-0.25, -0.2) is 4.98 Å². The van der Waals surface area contributed by atoms with E-state index in [-0.39, 0.29) is 0 Å². The molecule has 6 nitrogen and oxygen atoms in total. The molecule has 7 heteroatoms. The molecule has 0 amide bonds. The lowest BCUT2D eigenvalue weighted by Crippen LogP contribution is -2.08. The van der Waals surface area contributed by atoms with Gasteiger partial charge in [-0.1, -0.05) is 37.0 Å². The van der Waals surface area contributed by atoms with Crippen LogP contribution >= 0.6 is 11.6 Å². The first-order valence-electron chi connectivity index (χ1n) is 8.94. The Labute approximate surface area is 163 Å². The van der Waals surface area contributed by atoms with Crippen molar-refractivity contribution in [1.29, 1.82) is 0 Å². The van der Waals surface area contributed by atoms with Gasteiger partial charge in [0.25, 0.3) is 0 Å². The summed E-state index contributed by atoms with van der Waals surface area (Å²) in [4.78, 5) is 14.5. The van der Waals surface area contributed by atoms with Crippen LogP contribution < -0.4 is 4.74 Å². The van der Waals surface area contributed by atoms with Gasteiger partial charge in [0.15, 0.2) is 5.65 Å². The smallest absolute Gasteiger partial charge is 0.164 e. The number of benzene rings is 1. The molecule has 27 heavy (non-hydrogen) atoms. The minimum absolute atomic E-state index is 0.567. The lowest BCUT2D eigenvalue weighted by atomic mass is 10.1. The van der Waals surface area contributed by atoms with Crippen molar-refractivity contribution in [2.75, 3.05) is 14.2 Å². The Hall–Kier alpha value is -2.60. The number of imidazole rings is 1. The molecule has 0 bridgehead atoms. The number of oxime groups is 1. The van der Waals surface area contributed by atoms with E-state index in [9.17, 15) is 0 Å². The van der Waals surface area contributed by atoms with Crippen LogP contribution in [0.15, 0.2) is 35.7 Å². The zero-order valence-electron chi connectivity index (χ0n) is 16.0. The predicted octanol–water partition coefficient (Wildman–Crippen LogP) is 4.77. The van der Waals surface area contributed by atoms with Gasteiger partial charge in [-0.05, 0) is 31.0 Å². The highest BCUT2D eigenvalue weighted by atomic mass is 35.5. The monoisotopic (exact) mass is 386 g/mol. The summed E-state index contributed by atoms with van der Waals surface area (Å²) in [6.45, 7) is 4.19. The Kier molecular flexibility index (Phi) is 5.96. The molecule has 0 saturated carbocycles. The third kappa shape index (κ3) is 3.62. The second-order valence-corrected chi connectivity index (χ2v) is 6.45. The first-order valence-corrected chi connectivity index (χ1v) is 9.32. The van der Waals surface area contributed by atoms with Crippen molar-refractivity contribution in [3.05, 3.63) is 47.0 Å². The number of aryl methyl sites for hydroxylation is 1. The molecule has 2 heterocycles. The lowest BCUT2D eigenvalue weighted by molar-refractivity contribution is 0.212. The summed E-state index contributed by atoms with van der Waals surface area (Å²) in [6, 6.07) is 5.55. The van der Waals surface area contributed by atoms with E-state index < -0.39 is 0 Å². The molecule has 0 aliphatic heterocycles. The number of halogens is 1. The third-order valence-electron chi connectivity index (χ3n) is 4.34. The minimum Gasteiger partial charge on any atom is -0.497 e. The number of hydrogen-bond donors (Lipinski definition) is 0. The maximum Gasteiger partial charge on any atom is 0.164 e. The summed E-state index contributed by atoms with van der Waals surface area (Å²) in [5.41, 5.74) is 5.07. The number of rotatable bonds is 7. The van der Waals surface area contributed by atoms with Crippen molar-refractivity contribution < 1.29 is 9.57 Å². The van der Waals surface area contributed by atoms with E-state index in [2.05, 4.69) is 24.0 Å². The molecule has 1 aromatic carbocycles. The maximum atomic E-state index is 6.48. The SMILES string of the molecule is CCCC(=NOC)c1c(CC)nc2c(-c3ccc(OC)cc3Cl)nccn12. The Morgan fingerprint density at radius 3 is 2.70 bits per heavy atom. The van der Waals surface area contributed by atoms with Gasteiger partial charge >= 0.3 is 0 Å². The second kappa shape index (κ2) is 8.39. The van der Waals surface area contributed by atoms with E-state index >= 15 is 0 Å². The second-order valence-electron chi connectivity index (χ2n) is 6.05. The number of fused-ring (bicyclic) bond motifs is 1. The highest BCUT2D eigenvalue weighted by molar-refractivity contribution is 6.33. The lowest BCUT2D eigenvalue weighted by Gasteiger charge is -2.09. The van der Waals surface area contributed by atoms with Crippen molar-refractivity contribution in [2.45, 2.75) is 33.1 Å². The fourth-order valence-electron chi connectivity index (χ4n) is 3.14. The normalized spacial score (nSPS) is 11.8. The van der Waals surface area contributed by atoms with Crippen LogP contribution in [-0.2, 0) is 11.3 Å². The van der Waals surface area contributed by atoms with Gasteiger partial charge in [0.05, 0.1) is 23.5 Å². The van der Waals surface area contributed by atoms with Gasteiger partial charge in [0.1, 0.15) is 24.3 Å². The van der Waals surface area contributed by atoms with Crippen LogP contribution in [0, 0.1) is 0 Å². The minimum atomic E-state index is 0.567. The van der Waals surface area contributed by atoms with Crippen molar-refractivity contribution in [1.82, 2.24) is 14.4 Å². The number of aromatic nitrogens is 3. The molecule has 0 fully saturated rings. The fraction of sp³-hybridized carbons (Fsp3) is 0.350. The Morgan fingerprint density at radius 2 is 2.07 bits per heavy atom. The average molecular weight is 387 g/mol. The number of methoxy groups -OCH3 is 1. The van der Waals surface area contributed by atoms with Crippen LogP contribution in [-0.4, -0.2) is 34.3 Å². The largest absolute Gasteiger partial charge is 0.497 e. The third-order valence-corrected chi connectivity index (χ3v) is 4.66. The Bertz CT molecular complexity index is 982. The summed E-state index contributed by atoms with van der Waals surface area (Å²) in [5, 5.41) is 4.82. The molecule has 3 aromatic rings. The first kappa shape index (κ1) is 19.2. The quantitative estimate of drug-likeness (QED) is 0.433. The molecule has 0 spiro atoms. The molecule has 0 aliphatic carbocycles.